The number of halogens is 1. The van der Waals surface area contributed by atoms with Crippen LogP contribution in [0.1, 0.15) is 66.4 Å². The maximum absolute atomic E-state index is 12.8. The first kappa shape index (κ1) is 22.2. The Balaban J connectivity index is 0.00000256. The third kappa shape index (κ3) is 4.49. The molecule has 2 aliphatic heterocycles. The molecule has 4 rings (SSSR count). The fraction of sp³-hybridized carbons (Fsp3) is 0.524. The highest BCUT2D eigenvalue weighted by atomic mass is 35.5. The van der Waals surface area contributed by atoms with Crippen molar-refractivity contribution in [3.63, 3.8) is 0 Å². The molecule has 2 amide bonds. The molecule has 1 atom stereocenters. The van der Waals surface area contributed by atoms with Gasteiger partial charge in [-0.3, -0.25) is 9.59 Å². The average molecular weight is 433 g/mol. The van der Waals surface area contributed by atoms with Gasteiger partial charge in [-0.05, 0) is 63.9 Å². The zero-order chi connectivity index (χ0) is 20.4. The number of hydrogen-bond donors (Lipinski definition) is 2. The van der Waals surface area contributed by atoms with Crippen LogP contribution in [0.25, 0.3) is 0 Å². The Morgan fingerprint density at radius 1 is 1.23 bits per heavy atom. The highest BCUT2D eigenvalue weighted by molar-refractivity contribution is 5.95. The first-order chi connectivity index (χ1) is 14.0. The molecule has 0 spiro atoms. The average Bonchev–Trinajstić information content (AvgIpc) is 3.34. The SMILES string of the molecule is Cc1c(C(=O)NC(C)c2ccc(N3CCCC3=O)cc2)nnn1C1CCNCC1.Cl. The summed E-state index contributed by atoms with van der Waals surface area (Å²) < 4.78 is 1.89. The van der Waals surface area contributed by atoms with Gasteiger partial charge in [-0.15, -0.1) is 17.5 Å². The Morgan fingerprint density at radius 3 is 2.57 bits per heavy atom. The number of nitrogens with one attached hydrogen (secondary N) is 2. The van der Waals surface area contributed by atoms with Crippen molar-refractivity contribution in [2.24, 2.45) is 0 Å². The molecule has 8 nitrogen and oxygen atoms in total. The Labute approximate surface area is 182 Å². The lowest BCUT2D eigenvalue weighted by atomic mass is 10.1. The molecule has 1 unspecified atom stereocenters. The van der Waals surface area contributed by atoms with E-state index in [9.17, 15) is 9.59 Å². The zero-order valence-electron chi connectivity index (χ0n) is 17.4. The van der Waals surface area contributed by atoms with Gasteiger partial charge in [-0.1, -0.05) is 17.3 Å². The Bertz CT molecular complexity index is 891. The molecule has 0 saturated carbocycles. The van der Waals surface area contributed by atoms with Crippen molar-refractivity contribution in [2.75, 3.05) is 24.5 Å². The van der Waals surface area contributed by atoms with Crippen molar-refractivity contribution < 1.29 is 9.59 Å². The van der Waals surface area contributed by atoms with Gasteiger partial charge in [0.1, 0.15) is 0 Å². The molecule has 1 aromatic heterocycles. The topological polar surface area (TPSA) is 92.2 Å². The minimum absolute atomic E-state index is 0. The standard InChI is InChI=1S/C21H28N6O2.ClH/c1-14(16-5-7-17(8-6-16)26-13-3-4-19(26)28)23-21(29)20-15(2)27(25-24-20)18-9-11-22-12-10-18;/h5-8,14,18,22H,3-4,9-13H2,1-2H3,(H,23,29);1H. The van der Waals surface area contributed by atoms with Crippen molar-refractivity contribution in [3.05, 3.63) is 41.2 Å². The minimum Gasteiger partial charge on any atom is -0.344 e. The predicted molar refractivity (Wildman–Crippen MR) is 117 cm³/mol. The summed E-state index contributed by atoms with van der Waals surface area (Å²) in [5, 5.41) is 14.8. The van der Waals surface area contributed by atoms with Crippen LogP contribution in [0.3, 0.4) is 0 Å². The van der Waals surface area contributed by atoms with E-state index in [2.05, 4.69) is 20.9 Å². The number of carbonyl (C=O) groups is 2. The number of anilines is 1. The highest BCUT2D eigenvalue weighted by Gasteiger charge is 2.24. The summed E-state index contributed by atoms with van der Waals surface area (Å²) in [6, 6.07) is 7.94. The number of carbonyl (C=O) groups excluding carboxylic acids is 2. The summed E-state index contributed by atoms with van der Waals surface area (Å²) >= 11 is 0. The predicted octanol–water partition coefficient (Wildman–Crippen LogP) is 2.55. The van der Waals surface area contributed by atoms with Gasteiger partial charge >= 0.3 is 0 Å². The van der Waals surface area contributed by atoms with E-state index in [-0.39, 0.29) is 30.3 Å². The second-order valence-electron chi connectivity index (χ2n) is 7.88. The largest absolute Gasteiger partial charge is 0.344 e. The van der Waals surface area contributed by atoms with Crippen LogP contribution in [0.4, 0.5) is 5.69 Å². The molecule has 3 heterocycles. The molecule has 2 saturated heterocycles. The maximum Gasteiger partial charge on any atom is 0.274 e. The lowest BCUT2D eigenvalue weighted by Crippen LogP contribution is -2.31. The summed E-state index contributed by atoms with van der Waals surface area (Å²) in [6.07, 6.45) is 3.51. The van der Waals surface area contributed by atoms with E-state index in [0.29, 0.717) is 18.2 Å². The molecular formula is C21H29ClN6O2. The second-order valence-corrected chi connectivity index (χ2v) is 7.88. The van der Waals surface area contributed by atoms with Crippen LogP contribution in [0.2, 0.25) is 0 Å². The molecule has 2 aromatic rings. The van der Waals surface area contributed by atoms with Crippen LogP contribution >= 0.6 is 12.4 Å². The zero-order valence-corrected chi connectivity index (χ0v) is 18.2. The van der Waals surface area contributed by atoms with Crippen LogP contribution in [0, 0.1) is 6.92 Å². The van der Waals surface area contributed by atoms with Crippen LogP contribution < -0.4 is 15.5 Å². The summed E-state index contributed by atoms with van der Waals surface area (Å²) in [7, 11) is 0. The number of amides is 2. The van der Waals surface area contributed by atoms with Crippen molar-refractivity contribution in [1.82, 2.24) is 25.6 Å². The number of benzene rings is 1. The Kier molecular flexibility index (Phi) is 7.10. The van der Waals surface area contributed by atoms with Crippen LogP contribution in [0.5, 0.6) is 0 Å². The number of hydrogen-bond acceptors (Lipinski definition) is 5. The van der Waals surface area contributed by atoms with Crippen LogP contribution in [0.15, 0.2) is 24.3 Å². The van der Waals surface area contributed by atoms with Gasteiger partial charge in [0.05, 0.1) is 17.8 Å². The van der Waals surface area contributed by atoms with Crippen molar-refractivity contribution in [1.29, 1.82) is 0 Å². The molecule has 2 fully saturated rings. The fourth-order valence-corrected chi connectivity index (χ4v) is 4.16. The van der Waals surface area contributed by atoms with E-state index < -0.39 is 0 Å². The minimum atomic E-state index is -0.214. The van der Waals surface area contributed by atoms with Crippen LogP contribution in [-0.2, 0) is 4.79 Å². The second kappa shape index (κ2) is 9.57. The first-order valence-electron chi connectivity index (χ1n) is 10.4. The first-order valence-corrected chi connectivity index (χ1v) is 10.4. The van der Waals surface area contributed by atoms with Crippen molar-refractivity contribution >= 4 is 29.9 Å². The Morgan fingerprint density at radius 2 is 1.93 bits per heavy atom. The summed E-state index contributed by atoms with van der Waals surface area (Å²) in [5.74, 6) is -0.0413. The lowest BCUT2D eigenvalue weighted by Gasteiger charge is -2.23. The molecule has 0 radical (unpaired) electrons. The number of piperidine rings is 1. The number of aromatic nitrogens is 3. The van der Waals surface area contributed by atoms with Gasteiger partial charge in [0, 0.05) is 18.7 Å². The highest BCUT2D eigenvalue weighted by Crippen LogP contribution is 2.24. The third-order valence-electron chi connectivity index (χ3n) is 5.92. The molecule has 162 valence electrons. The van der Waals surface area contributed by atoms with Gasteiger partial charge in [0.2, 0.25) is 5.91 Å². The van der Waals surface area contributed by atoms with E-state index >= 15 is 0 Å². The number of rotatable bonds is 5. The summed E-state index contributed by atoms with van der Waals surface area (Å²) in [6.45, 7) is 6.55. The van der Waals surface area contributed by atoms with Crippen molar-refractivity contribution in [3.8, 4) is 0 Å². The van der Waals surface area contributed by atoms with E-state index in [1.807, 2.05) is 47.7 Å². The van der Waals surface area contributed by atoms with E-state index in [0.717, 1.165) is 55.8 Å². The monoisotopic (exact) mass is 432 g/mol. The molecule has 2 aliphatic rings. The molecular weight excluding hydrogens is 404 g/mol. The molecule has 9 heteroatoms. The van der Waals surface area contributed by atoms with Crippen molar-refractivity contribution in [2.45, 2.75) is 51.6 Å². The molecule has 2 N–H and O–H groups in total. The van der Waals surface area contributed by atoms with Gasteiger partial charge in [-0.2, -0.15) is 0 Å². The molecule has 1 aromatic carbocycles. The van der Waals surface area contributed by atoms with Gasteiger partial charge < -0.3 is 15.5 Å². The maximum atomic E-state index is 12.8. The van der Waals surface area contributed by atoms with Gasteiger partial charge in [-0.25, -0.2) is 4.68 Å². The van der Waals surface area contributed by atoms with Gasteiger partial charge in [0.15, 0.2) is 5.69 Å². The quantitative estimate of drug-likeness (QED) is 0.757. The van der Waals surface area contributed by atoms with Gasteiger partial charge in [0.25, 0.3) is 5.91 Å². The summed E-state index contributed by atoms with van der Waals surface area (Å²) in [4.78, 5) is 26.5. The normalized spacial score (nSPS) is 18.2. The number of nitrogens with zero attached hydrogens (tertiary/aromatic N) is 4. The van der Waals surface area contributed by atoms with E-state index in [1.165, 1.54) is 0 Å². The molecule has 30 heavy (non-hydrogen) atoms. The summed E-state index contributed by atoms with van der Waals surface area (Å²) in [5.41, 5.74) is 3.09. The van der Waals surface area contributed by atoms with E-state index in [1.54, 1.807) is 0 Å². The Hall–Kier alpha value is -2.45. The molecule has 0 aliphatic carbocycles. The smallest absolute Gasteiger partial charge is 0.274 e. The lowest BCUT2D eigenvalue weighted by molar-refractivity contribution is -0.117. The third-order valence-corrected chi connectivity index (χ3v) is 5.92. The fourth-order valence-electron chi connectivity index (χ4n) is 4.16. The van der Waals surface area contributed by atoms with Crippen LogP contribution in [-0.4, -0.2) is 46.4 Å². The molecule has 0 bridgehead atoms. The van der Waals surface area contributed by atoms with E-state index in [4.69, 9.17) is 0 Å².